The zero-order valence-electron chi connectivity index (χ0n) is 20.3. The molecule has 2 heterocycles. The minimum absolute atomic E-state index is 0.732. The van der Waals surface area contributed by atoms with Crippen LogP contribution < -0.4 is 14.8 Å². The Bertz CT molecular complexity index is 908. The van der Waals surface area contributed by atoms with Crippen molar-refractivity contribution in [3.63, 3.8) is 0 Å². The van der Waals surface area contributed by atoms with Crippen molar-refractivity contribution in [2.75, 3.05) is 34.4 Å². The van der Waals surface area contributed by atoms with Crippen molar-refractivity contribution >= 4 is 5.96 Å². The maximum absolute atomic E-state index is 5.48. The molecule has 0 radical (unpaired) electrons. The number of fused-ring (bicyclic) bond motifs is 1. The largest absolute Gasteiger partial charge is 0.493 e. The molecule has 0 aliphatic carbocycles. The molecule has 1 aromatic heterocycles. The molecule has 2 aromatic rings. The number of nitrogens with one attached hydrogen (secondary N) is 1. The van der Waals surface area contributed by atoms with Crippen molar-refractivity contribution in [2.24, 2.45) is 4.99 Å². The molecule has 0 spiro atoms. The Morgan fingerprint density at radius 3 is 2.69 bits per heavy atom. The molecule has 0 bridgehead atoms. The second-order valence-corrected chi connectivity index (χ2v) is 8.32. The van der Waals surface area contributed by atoms with Crippen LogP contribution >= 0.6 is 0 Å². The van der Waals surface area contributed by atoms with Crippen molar-refractivity contribution in [1.29, 1.82) is 0 Å². The maximum Gasteiger partial charge on any atom is 0.193 e. The molecule has 1 N–H and O–H groups in total. The van der Waals surface area contributed by atoms with E-state index in [1.807, 2.05) is 12.1 Å². The normalized spacial score (nSPS) is 14.0. The van der Waals surface area contributed by atoms with Gasteiger partial charge in [0.1, 0.15) is 11.6 Å². The molecule has 0 fully saturated rings. The molecular weight excluding hydrogens is 404 g/mol. The highest BCUT2D eigenvalue weighted by Crippen LogP contribution is 2.30. The molecule has 1 aliphatic heterocycles. The number of methoxy groups -OCH3 is 2. The van der Waals surface area contributed by atoms with E-state index in [1.54, 1.807) is 14.2 Å². The fourth-order valence-electron chi connectivity index (χ4n) is 4.15. The number of aliphatic imine (C=N–C) groups is 1. The molecule has 1 aromatic carbocycles. The van der Waals surface area contributed by atoms with Crippen LogP contribution in [-0.2, 0) is 25.9 Å². The van der Waals surface area contributed by atoms with Crippen molar-refractivity contribution in [1.82, 2.24) is 25.0 Å². The van der Waals surface area contributed by atoms with Crippen LogP contribution in [0.5, 0.6) is 11.5 Å². The predicted octanol–water partition coefficient (Wildman–Crippen LogP) is 3.36. The smallest absolute Gasteiger partial charge is 0.193 e. The standard InChI is InChI=1S/C24H38N6O2/c1-6-25-24(29(3)17-19-16-21(32-5)20(31-4)15-18(19)2)26-13-10-12-23-28-27-22-11-8-7-9-14-30(22)23/h15-16H,6-14,17H2,1-5H3,(H,25,26). The Morgan fingerprint density at radius 2 is 1.94 bits per heavy atom. The summed E-state index contributed by atoms with van der Waals surface area (Å²) in [5.74, 6) is 4.66. The van der Waals surface area contributed by atoms with Crippen molar-refractivity contribution < 1.29 is 9.47 Å². The highest BCUT2D eigenvalue weighted by atomic mass is 16.5. The minimum Gasteiger partial charge on any atom is -0.493 e. The number of rotatable bonds is 9. The van der Waals surface area contributed by atoms with E-state index >= 15 is 0 Å². The van der Waals surface area contributed by atoms with Crippen LogP contribution in [0, 0.1) is 6.92 Å². The molecule has 0 unspecified atom stereocenters. The van der Waals surface area contributed by atoms with Gasteiger partial charge in [0, 0.05) is 46.1 Å². The average Bonchev–Trinajstić information content (AvgIpc) is 3.02. The third kappa shape index (κ3) is 5.93. The van der Waals surface area contributed by atoms with Gasteiger partial charge in [-0.1, -0.05) is 6.42 Å². The highest BCUT2D eigenvalue weighted by Gasteiger charge is 2.15. The number of guanidine groups is 1. The summed E-state index contributed by atoms with van der Waals surface area (Å²) in [7, 11) is 5.40. The van der Waals surface area contributed by atoms with Gasteiger partial charge in [0.2, 0.25) is 0 Å². The topological polar surface area (TPSA) is 76.8 Å². The Hall–Kier alpha value is -2.77. The lowest BCUT2D eigenvalue weighted by Gasteiger charge is -2.23. The Labute approximate surface area is 192 Å². The van der Waals surface area contributed by atoms with E-state index in [4.69, 9.17) is 14.5 Å². The summed E-state index contributed by atoms with van der Waals surface area (Å²) >= 11 is 0. The van der Waals surface area contributed by atoms with E-state index in [1.165, 1.54) is 24.8 Å². The number of ether oxygens (including phenoxy) is 2. The van der Waals surface area contributed by atoms with Gasteiger partial charge in [-0.3, -0.25) is 4.99 Å². The van der Waals surface area contributed by atoms with E-state index in [0.29, 0.717) is 0 Å². The molecule has 0 saturated heterocycles. The summed E-state index contributed by atoms with van der Waals surface area (Å²) in [6.45, 7) is 7.55. The highest BCUT2D eigenvalue weighted by molar-refractivity contribution is 5.79. The summed E-state index contributed by atoms with van der Waals surface area (Å²) in [4.78, 5) is 7.02. The zero-order chi connectivity index (χ0) is 22.9. The zero-order valence-corrected chi connectivity index (χ0v) is 20.3. The molecule has 8 nitrogen and oxygen atoms in total. The first-order valence-electron chi connectivity index (χ1n) is 11.7. The maximum atomic E-state index is 5.48. The van der Waals surface area contributed by atoms with Gasteiger partial charge in [-0.05, 0) is 56.4 Å². The van der Waals surface area contributed by atoms with Crippen LogP contribution in [0.25, 0.3) is 0 Å². The van der Waals surface area contributed by atoms with Crippen molar-refractivity contribution in [3.8, 4) is 11.5 Å². The lowest BCUT2D eigenvalue weighted by molar-refractivity contribution is 0.353. The van der Waals surface area contributed by atoms with Crippen LogP contribution in [0.3, 0.4) is 0 Å². The molecule has 0 atom stereocenters. The van der Waals surface area contributed by atoms with Crippen LogP contribution in [0.15, 0.2) is 17.1 Å². The molecular formula is C24H38N6O2. The first kappa shape index (κ1) is 23.9. The monoisotopic (exact) mass is 442 g/mol. The third-order valence-electron chi connectivity index (χ3n) is 5.95. The van der Waals surface area contributed by atoms with Gasteiger partial charge in [0.05, 0.1) is 14.2 Å². The van der Waals surface area contributed by atoms with Gasteiger partial charge in [-0.25, -0.2) is 0 Å². The van der Waals surface area contributed by atoms with Gasteiger partial charge in [-0.15, -0.1) is 10.2 Å². The fourth-order valence-corrected chi connectivity index (χ4v) is 4.15. The first-order valence-corrected chi connectivity index (χ1v) is 11.7. The van der Waals surface area contributed by atoms with Crippen LogP contribution in [0.4, 0.5) is 0 Å². The summed E-state index contributed by atoms with van der Waals surface area (Å²) in [6.07, 6.45) is 6.65. The van der Waals surface area contributed by atoms with E-state index in [2.05, 4.69) is 45.9 Å². The number of benzene rings is 1. The lowest BCUT2D eigenvalue weighted by atomic mass is 10.1. The third-order valence-corrected chi connectivity index (χ3v) is 5.95. The fraction of sp³-hybridized carbons (Fsp3) is 0.625. The number of nitrogens with zero attached hydrogens (tertiary/aromatic N) is 5. The summed E-state index contributed by atoms with van der Waals surface area (Å²) in [5.41, 5.74) is 2.35. The molecule has 0 saturated carbocycles. The van der Waals surface area contributed by atoms with E-state index in [0.717, 1.165) is 80.1 Å². The summed E-state index contributed by atoms with van der Waals surface area (Å²) in [5, 5.41) is 12.3. The molecule has 32 heavy (non-hydrogen) atoms. The van der Waals surface area contributed by atoms with Crippen molar-refractivity contribution in [2.45, 2.75) is 65.5 Å². The van der Waals surface area contributed by atoms with E-state index < -0.39 is 0 Å². The second-order valence-electron chi connectivity index (χ2n) is 8.32. The summed E-state index contributed by atoms with van der Waals surface area (Å²) in [6, 6.07) is 4.07. The van der Waals surface area contributed by atoms with Gasteiger partial charge < -0.3 is 24.3 Å². The van der Waals surface area contributed by atoms with Gasteiger partial charge in [0.15, 0.2) is 17.5 Å². The number of hydrogen-bond acceptors (Lipinski definition) is 5. The van der Waals surface area contributed by atoms with E-state index in [9.17, 15) is 0 Å². The quantitative estimate of drug-likeness (QED) is 0.365. The van der Waals surface area contributed by atoms with Crippen molar-refractivity contribution in [3.05, 3.63) is 34.9 Å². The number of aromatic nitrogens is 3. The molecule has 3 rings (SSSR count). The number of aryl methyl sites for hydroxylation is 3. The van der Waals surface area contributed by atoms with Gasteiger partial charge in [0.25, 0.3) is 0 Å². The number of hydrogen-bond donors (Lipinski definition) is 1. The lowest BCUT2D eigenvalue weighted by Crippen LogP contribution is -2.38. The Balaban J connectivity index is 1.61. The molecule has 0 amide bonds. The minimum atomic E-state index is 0.732. The SMILES string of the molecule is CCNC(=NCCCc1nnc2n1CCCCC2)N(C)Cc1cc(OC)c(OC)cc1C. The molecule has 8 heteroatoms. The van der Waals surface area contributed by atoms with Gasteiger partial charge >= 0.3 is 0 Å². The Kier molecular flexibility index (Phi) is 8.76. The van der Waals surface area contributed by atoms with Crippen LogP contribution in [-0.4, -0.2) is 60.0 Å². The molecule has 1 aliphatic rings. The van der Waals surface area contributed by atoms with Gasteiger partial charge in [-0.2, -0.15) is 0 Å². The van der Waals surface area contributed by atoms with E-state index in [-0.39, 0.29) is 0 Å². The van der Waals surface area contributed by atoms with Crippen LogP contribution in [0.2, 0.25) is 0 Å². The first-order chi connectivity index (χ1) is 15.6. The Morgan fingerprint density at radius 1 is 1.16 bits per heavy atom. The van der Waals surface area contributed by atoms with Crippen LogP contribution in [0.1, 0.15) is 55.4 Å². The average molecular weight is 443 g/mol. The second kappa shape index (κ2) is 11.7. The summed E-state index contributed by atoms with van der Waals surface area (Å²) < 4.78 is 13.2. The molecule has 176 valence electrons. The predicted molar refractivity (Wildman–Crippen MR) is 128 cm³/mol.